The lowest BCUT2D eigenvalue weighted by atomic mass is 9.88. The van der Waals surface area contributed by atoms with Crippen LogP contribution in [0, 0.1) is 16.7 Å². The lowest BCUT2D eigenvalue weighted by Gasteiger charge is -2.36. The van der Waals surface area contributed by atoms with Crippen molar-refractivity contribution in [2.24, 2.45) is 5.41 Å². The highest BCUT2D eigenvalue weighted by atomic mass is 16.2. The predicted molar refractivity (Wildman–Crippen MR) is 92.8 cm³/mol. The summed E-state index contributed by atoms with van der Waals surface area (Å²) in [5.41, 5.74) is 4.03. The Bertz CT molecular complexity index is 674. The van der Waals surface area contributed by atoms with Crippen LogP contribution < -0.4 is 0 Å². The number of rotatable bonds is 2. The highest BCUT2D eigenvalue weighted by Crippen LogP contribution is 2.33. The van der Waals surface area contributed by atoms with Crippen LogP contribution in [0.25, 0.3) is 0 Å². The molecule has 0 saturated heterocycles. The number of aryl methyl sites for hydroxylation is 1. The van der Waals surface area contributed by atoms with Gasteiger partial charge in [-0.15, -0.1) is 0 Å². The van der Waals surface area contributed by atoms with E-state index in [0.717, 1.165) is 12.8 Å². The minimum absolute atomic E-state index is 0.00877. The highest BCUT2D eigenvalue weighted by Gasteiger charge is 2.30. The van der Waals surface area contributed by atoms with E-state index in [4.69, 9.17) is 0 Å². The summed E-state index contributed by atoms with van der Waals surface area (Å²) in [4.78, 5) is 14.7. The number of carbonyl (C=O) groups excluding carboxylic acids is 1. The standard InChI is InChI=1S/C20H26N2O/c1-6-15-8-7-9-17-14(2)22(11-10-18(15)17)19(23)16(13-21)12-20(3,4)5/h7-9,12,14H,6,10-11H2,1-5H3/b16-12+. The molecule has 1 aromatic carbocycles. The number of fused-ring (bicyclic) bond motifs is 1. The van der Waals surface area contributed by atoms with Crippen LogP contribution in [0.15, 0.2) is 29.8 Å². The van der Waals surface area contributed by atoms with Gasteiger partial charge in [0.1, 0.15) is 11.6 Å². The zero-order valence-electron chi connectivity index (χ0n) is 14.8. The fraction of sp³-hybridized carbons (Fsp3) is 0.500. The van der Waals surface area contributed by atoms with Crippen molar-refractivity contribution < 1.29 is 4.79 Å². The van der Waals surface area contributed by atoms with Crippen molar-refractivity contribution in [1.29, 1.82) is 5.26 Å². The first kappa shape index (κ1) is 17.3. The third kappa shape index (κ3) is 3.64. The molecule has 0 aromatic heterocycles. The van der Waals surface area contributed by atoms with Crippen LogP contribution >= 0.6 is 0 Å². The predicted octanol–water partition coefficient (Wildman–Crippen LogP) is 4.19. The fourth-order valence-electron chi connectivity index (χ4n) is 3.28. The first-order valence-corrected chi connectivity index (χ1v) is 8.33. The molecule has 1 aromatic rings. The largest absolute Gasteiger partial charge is 0.331 e. The molecular formula is C20H26N2O. The Balaban J connectivity index is 2.34. The second-order valence-electron chi connectivity index (χ2n) is 7.30. The molecule has 0 aliphatic carbocycles. The van der Waals surface area contributed by atoms with E-state index in [9.17, 15) is 10.1 Å². The molecular weight excluding hydrogens is 284 g/mol. The van der Waals surface area contributed by atoms with Gasteiger partial charge >= 0.3 is 0 Å². The number of nitrogens with zero attached hydrogens (tertiary/aromatic N) is 2. The van der Waals surface area contributed by atoms with E-state index in [1.807, 2.05) is 25.7 Å². The quantitative estimate of drug-likeness (QED) is 0.607. The number of hydrogen-bond donors (Lipinski definition) is 0. The summed E-state index contributed by atoms with van der Waals surface area (Å²) < 4.78 is 0. The van der Waals surface area contributed by atoms with Gasteiger partial charge in [0.05, 0.1) is 6.04 Å². The Kier molecular flexibility index (Phi) is 4.94. The van der Waals surface area contributed by atoms with Gasteiger partial charge in [0, 0.05) is 6.54 Å². The minimum atomic E-state index is -0.187. The first-order valence-electron chi connectivity index (χ1n) is 8.33. The van der Waals surface area contributed by atoms with Gasteiger partial charge in [0.2, 0.25) is 0 Å². The Morgan fingerprint density at radius 3 is 2.70 bits per heavy atom. The molecule has 0 bridgehead atoms. The minimum Gasteiger partial charge on any atom is -0.331 e. The van der Waals surface area contributed by atoms with Gasteiger partial charge < -0.3 is 4.90 Å². The Hall–Kier alpha value is -2.08. The van der Waals surface area contributed by atoms with Gasteiger partial charge in [-0.1, -0.05) is 52.0 Å². The summed E-state index contributed by atoms with van der Waals surface area (Å²) in [5.74, 6) is -0.150. The van der Waals surface area contributed by atoms with Gasteiger partial charge in [0.15, 0.2) is 0 Å². The normalized spacial score (nSPS) is 18.3. The maximum absolute atomic E-state index is 12.8. The maximum Gasteiger partial charge on any atom is 0.264 e. The summed E-state index contributed by atoms with van der Waals surface area (Å²) in [5, 5.41) is 9.39. The molecule has 0 N–H and O–H groups in total. The first-order chi connectivity index (χ1) is 10.8. The Morgan fingerprint density at radius 2 is 2.13 bits per heavy atom. The van der Waals surface area contributed by atoms with E-state index in [-0.39, 0.29) is 22.9 Å². The average molecular weight is 310 g/mol. The molecule has 0 radical (unpaired) electrons. The molecule has 0 saturated carbocycles. The van der Waals surface area contributed by atoms with Crippen LogP contribution in [0.1, 0.15) is 57.4 Å². The third-order valence-electron chi connectivity index (χ3n) is 4.40. The molecule has 1 amide bonds. The van der Waals surface area contributed by atoms with Crippen LogP contribution in [-0.4, -0.2) is 17.4 Å². The van der Waals surface area contributed by atoms with Crippen molar-refractivity contribution in [3.8, 4) is 6.07 Å². The second-order valence-corrected chi connectivity index (χ2v) is 7.30. The lowest BCUT2D eigenvalue weighted by molar-refractivity contribution is -0.129. The summed E-state index contributed by atoms with van der Waals surface area (Å²) in [6.07, 6.45) is 3.65. The van der Waals surface area contributed by atoms with Gasteiger partial charge in [-0.3, -0.25) is 4.79 Å². The van der Waals surface area contributed by atoms with Crippen LogP contribution in [-0.2, 0) is 17.6 Å². The molecule has 1 aliphatic rings. The molecule has 3 heteroatoms. The molecule has 0 fully saturated rings. The molecule has 3 nitrogen and oxygen atoms in total. The molecule has 1 unspecified atom stereocenters. The molecule has 2 rings (SSSR count). The number of carbonyl (C=O) groups is 1. The molecule has 1 aliphatic heterocycles. The topological polar surface area (TPSA) is 44.1 Å². The van der Waals surface area contributed by atoms with Gasteiger partial charge in [-0.05, 0) is 41.9 Å². The molecule has 1 heterocycles. The van der Waals surface area contributed by atoms with E-state index < -0.39 is 0 Å². The lowest BCUT2D eigenvalue weighted by Crippen LogP contribution is -2.40. The maximum atomic E-state index is 12.8. The van der Waals surface area contributed by atoms with E-state index in [1.54, 1.807) is 6.08 Å². The zero-order valence-corrected chi connectivity index (χ0v) is 14.8. The molecule has 0 spiro atoms. The zero-order chi connectivity index (χ0) is 17.2. The van der Waals surface area contributed by atoms with Crippen molar-refractivity contribution in [3.05, 3.63) is 46.5 Å². The number of amides is 1. The average Bonchev–Trinajstić information content (AvgIpc) is 2.51. The molecule has 23 heavy (non-hydrogen) atoms. The van der Waals surface area contributed by atoms with Gasteiger partial charge in [-0.2, -0.15) is 5.26 Å². The number of allylic oxidation sites excluding steroid dienone is 1. The van der Waals surface area contributed by atoms with Crippen molar-refractivity contribution in [2.75, 3.05) is 6.54 Å². The van der Waals surface area contributed by atoms with Crippen molar-refractivity contribution in [2.45, 2.75) is 53.5 Å². The SMILES string of the molecule is CCc1cccc2c1CCN(C(=O)/C(C#N)=C/C(C)(C)C)C2C. The van der Waals surface area contributed by atoms with Gasteiger partial charge in [0.25, 0.3) is 5.91 Å². The van der Waals surface area contributed by atoms with Crippen LogP contribution in [0.2, 0.25) is 0 Å². The van der Waals surface area contributed by atoms with Crippen molar-refractivity contribution >= 4 is 5.91 Å². The van der Waals surface area contributed by atoms with Crippen LogP contribution in [0.4, 0.5) is 0 Å². The molecule has 1 atom stereocenters. The number of benzene rings is 1. The third-order valence-corrected chi connectivity index (χ3v) is 4.40. The Morgan fingerprint density at radius 1 is 1.43 bits per heavy atom. The summed E-state index contributed by atoms with van der Waals surface area (Å²) in [6.45, 7) is 10.9. The van der Waals surface area contributed by atoms with Gasteiger partial charge in [-0.25, -0.2) is 0 Å². The smallest absolute Gasteiger partial charge is 0.264 e. The van der Waals surface area contributed by atoms with Crippen LogP contribution in [0.5, 0.6) is 0 Å². The van der Waals surface area contributed by atoms with E-state index >= 15 is 0 Å². The number of nitriles is 1. The highest BCUT2D eigenvalue weighted by molar-refractivity contribution is 5.97. The van der Waals surface area contributed by atoms with Crippen molar-refractivity contribution in [3.63, 3.8) is 0 Å². The summed E-state index contributed by atoms with van der Waals surface area (Å²) in [7, 11) is 0. The number of hydrogen-bond acceptors (Lipinski definition) is 2. The van der Waals surface area contributed by atoms with E-state index in [1.165, 1.54) is 16.7 Å². The van der Waals surface area contributed by atoms with Crippen LogP contribution in [0.3, 0.4) is 0 Å². The Labute approximate surface area is 139 Å². The van der Waals surface area contributed by atoms with Crippen molar-refractivity contribution in [1.82, 2.24) is 4.90 Å². The monoisotopic (exact) mass is 310 g/mol. The van der Waals surface area contributed by atoms with E-state index in [2.05, 4.69) is 38.1 Å². The summed E-state index contributed by atoms with van der Waals surface area (Å²) in [6, 6.07) is 8.45. The fourth-order valence-corrected chi connectivity index (χ4v) is 3.28. The van der Waals surface area contributed by atoms with E-state index in [0.29, 0.717) is 6.54 Å². The second kappa shape index (κ2) is 6.58. The summed E-state index contributed by atoms with van der Waals surface area (Å²) >= 11 is 0. The molecule has 122 valence electrons.